The minimum Gasteiger partial charge on any atom is -0.352 e. The van der Waals surface area contributed by atoms with Gasteiger partial charge in [0.25, 0.3) is 0 Å². The molecule has 1 fully saturated rings. The zero-order valence-electron chi connectivity index (χ0n) is 8.03. The van der Waals surface area contributed by atoms with Crippen LogP contribution in [0.3, 0.4) is 0 Å². The van der Waals surface area contributed by atoms with Gasteiger partial charge in [0, 0.05) is 19.1 Å². The van der Waals surface area contributed by atoms with Crippen LogP contribution in [0.15, 0.2) is 12.7 Å². The highest BCUT2D eigenvalue weighted by Gasteiger charge is 2.26. The van der Waals surface area contributed by atoms with Crippen molar-refractivity contribution in [1.29, 1.82) is 0 Å². The highest BCUT2D eigenvalue weighted by Crippen LogP contribution is 2.16. The van der Waals surface area contributed by atoms with Crippen LogP contribution in [-0.4, -0.2) is 36.0 Å². The number of nitrogens with one attached hydrogen (secondary N) is 1. The van der Waals surface area contributed by atoms with Crippen LogP contribution >= 0.6 is 0 Å². The fraction of sp³-hybridized carbons (Fsp3) is 0.556. The smallest absolute Gasteiger partial charge is 0.312 e. The summed E-state index contributed by atoms with van der Waals surface area (Å²) in [6.45, 7) is 4.59. The van der Waals surface area contributed by atoms with Crippen molar-refractivity contribution >= 4 is 11.9 Å². The highest BCUT2D eigenvalue weighted by molar-refractivity contribution is 5.87. The van der Waals surface area contributed by atoms with Gasteiger partial charge in [0.1, 0.15) is 0 Å². The van der Waals surface area contributed by atoms with E-state index < -0.39 is 6.03 Å². The van der Waals surface area contributed by atoms with Gasteiger partial charge in [-0.1, -0.05) is 6.58 Å². The van der Waals surface area contributed by atoms with Gasteiger partial charge < -0.3 is 16.0 Å². The lowest BCUT2D eigenvalue weighted by atomic mass is 10.2. The van der Waals surface area contributed by atoms with Crippen molar-refractivity contribution in [1.82, 2.24) is 10.2 Å². The summed E-state index contributed by atoms with van der Waals surface area (Å²) in [4.78, 5) is 23.5. The maximum atomic E-state index is 11.3. The molecule has 1 aliphatic rings. The van der Waals surface area contributed by atoms with Gasteiger partial charge in [-0.2, -0.15) is 0 Å². The van der Waals surface area contributed by atoms with Crippen LogP contribution in [0.4, 0.5) is 4.79 Å². The number of rotatable bonds is 3. The maximum Gasteiger partial charge on any atom is 0.312 e. The number of amides is 3. The monoisotopic (exact) mass is 197 g/mol. The highest BCUT2D eigenvalue weighted by atomic mass is 16.2. The number of primary amides is 1. The average Bonchev–Trinajstić information content (AvgIpc) is 2.61. The number of nitrogens with two attached hydrogens (primary N) is 1. The summed E-state index contributed by atoms with van der Waals surface area (Å²) in [5, 5.41) is 2.51. The van der Waals surface area contributed by atoms with E-state index in [-0.39, 0.29) is 11.9 Å². The molecule has 1 saturated heterocycles. The van der Waals surface area contributed by atoms with Gasteiger partial charge in [-0.05, 0) is 18.9 Å². The lowest BCUT2D eigenvalue weighted by Gasteiger charge is -2.23. The second-order valence-corrected chi connectivity index (χ2v) is 3.28. The van der Waals surface area contributed by atoms with E-state index in [4.69, 9.17) is 5.73 Å². The van der Waals surface area contributed by atoms with Crippen LogP contribution in [0.2, 0.25) is 0 Å². The molecule has 1 atom stereocenters. The first-order chi connectivity index (χ1) is 6.65. The van der Waals surface area contributed by atoms with Crippen LogP contribution in [0.1, 0.15) is 12.8 Å². The molecule has 0 spiro atoms. The molecular formula is C9H15N3O2. The number of carbonyl (C=O) groups is 2. The summed E-state index contributed by atoms with van der Waals surface area (Å²) < 4.78 is 0. The van der Waals surface area contributed by atoms with Gasteiger partial charge >= 0.3 is 6.03 Å². The van der Waals surface area contributed by atoms with Crippen molar-refractivity contribution in [3.8, 4) is 0 Å². The molecule has 0 bridgehead atoms. The number of carbonyl (C=O) groups excluding carboxylic acids is 2. The maximum absolute atomic E-state index is 11.3. The number of urea groups is 1. The third-order valence-electron chi connectivity index (χ3n) is 2.35. The summed E-state index contributed by atoms with van der Waals surface area (Å²) >= 11 is 0. The standard InChI is InChI=1S/C9H15N3O2/c1-2-8(13)12-5-3-4-7(12)6-11-9(10)14/h2,7H,1,3-6H2,(H3,10,11,14)/t7-/m1/s1. The molecule has 14 heavy (non-hydrogen) atoms. The summed E-state index contributed by atoms with van der Waals surface area (Å²) in [7, 11) is 0. The van der Waals surface area contributed by atoms with Crippen LogP contribution in [-0.2, 0) is 4.79 Å². The molecule has 0 aromatic carbocycles. The van der Waals surface area contributed by atoms with Gasteiger partial charge in [0.05, 0.1) is 0 Å². The summed E-state index contributed by atoms with van der Waals surface area (Å²) in [6.07, 6.45) is 3.16. The van der Waals surface area contributed by atoms with E-state index in [0.29, 0.717) is 6.54 Å². The van der Waals surface area contributed by atoms with Gasteiger partial charge in [0.2, 0.25) is 5.91 Å². The Hall–Kier alpha value is -1.52. The third kappa shape index (κ3) is 2.48. The molecule has 78 valence electrons. The van der Waals surface area contributed by atoms with E-state index >= 15 is 0 Å². The molecule has 1 rings (SSSR count). The first-order valence-corrected chi connectivity index (χ1v) is 4.61. The van der Waals surface area contributed by atoms with E-state index in [0.717, 1.165) is 19.4 Å². The second kappa shape index (κ2) is 4.64. The molecule has 1 aliphatic heterocycles. The predicted octanol–water partition coefficient (Wildman–Crippen LogP) is -0.168. The fourth-order valence-corrected chi connectivity index (χ4v) is 1.67. The van der Waals surface area contributed by atoms with Gasteiger partial charge in [-0.15, -0.1) is 0 Å². The van der Waals surface area contributed by atoms with Crippen LogP contribution in [0.25, 0.3) is 0 Å². The molecule has 0 aromatic heterocycles. The second-order valence-electron chi connectivity index (χ2n) is 3.28. The third-order valence-corrected chi connectivity index (χ3v) is 2.35. The topological polar surface area (TPSA) is 75.4 Å². The van der Waals surface area contributed by atoms with Gasteiger partial charge in [-0.3, -0.25) is 4.79 Å². The Kier molecular flexibility index (Phi) is 3.50. The van der Waals surface area contributed by atoms with Gasteiger partial charge in [-0.25, -0.2) is 4.79 Å². The van der Waals surface area contributed by atoms with Crippen LogP contribution in [0.5, 0.6) is 0 Å². The molecule has 5 nitrogen and oxygen atoms in total. The Morgan fingerprint density at radius 3 is 2.93 bits per heavy atom. The first kappa shape index (κ1) is 10.6. The molecule has 0 unspecified atom stereocenters. The molecule has 0 saturated carbocycles. The van der Waals surface area contributed by atoms with Crippen molar-refractivity contribution < 1.29 is 9.59 Å². The van der Waals surface area contributed by atoms with Gasteiger partial charge in [0.15, 0.2) is 0 Å². The molecule has 5 heteroatoms. The number of hydrogen-bond acceptors (Lipinski definition) is 2. The minimum absolute atomic E-state index is 0.0630. The Morgan fingerprint density at radius 2 is 2.36 bits per heavy atom. The summed E-state index contributed by atoms with van der Waals surface area (Å²) in [5.41, 5.74) is 4.95. The lowest BCUT2D eigenvalue weighted by molar-refractivity contribution is -0.126. The van der Waals surface area contributed by atoms with E-state index in [1.165, 1.54) is 6.08 Å². The van der Waals surface area contributed by atoms with Crippen molar-refractivity contribution in [2.45, 2.75) is 18.9 Å². The Bertz CT molecular complexity index is 252. The zero-order valence-corrected chi connectivity index (χ0v) is 8.03. The molecule has 3 amide bonds. The number of hydrogen-bond donors (Lipinski definition) is 2. The van der Waals surface area contributed by atoms with Crippen LogP contribution < -0.4 is 11.1 Å². The SMILES string of the molecule is C=CC(=O)N1CCC[C@@H]1CNC(N)=O. The first-order valence-electron chi connectivity index (χ1n) is 4.61. The molecular weight excluding hydrogens is 182 g/mol. The molecule has 1 heterocycles. The van der Waals surface area contributed by atoms with E-state index in [2.05, 4.69) is 11.9 Å². The van der Waals surface area contributed by atoms with E-state index in [9.17, 15) is 9.59 Å². The summed E-state index contributed by atoms with van der Waals surface area (Å²) in [5.74, 6) is -0.0845. The minimum atomic E-state index is -0.553. The number of likely N-dealkylation sites (tertiary alicyclic amines) is 1. The average molecular weight is 197 g/mol. The van der Waals surface area contributed by atoms with E-state index in [1.54, 1.807) is 4.90 Å². The molecule has 0 radical (unpaired) electrons. The summed E-state index contributed by atoms with van der Waals surface area (Å²) in [6, 6.07) is -0.490. The van der Waals surface area contributed by atoms with Crippen molar-refractivity contribution in [2.75, 3.05) is 13.1 Å². The van der Waals surface area contributed by atoms with Crippen molar-refractivity contribution in [3.63, 3.8) is 0 Å². The molecule has 0 aliphatic carbocycles. The lowest BCUT2D eigenvalue weighted by Crippen LogP contribution is -2.43. The van der Waals surface area contributed by atoms with Crippen LogP contribution in [0, 0.1) is 0 Å². The fourth-order valence-electron chi connectivity index (χ4n) is 1.67. The van der Waals surface area contributed by atoms with Crippen molar-refractivity contribution in [3.05, 3.63) is 12.7 Å². The number of nitrogens with zero attached hydrogens (tertiary/aromatic N) is 1. The molecule has 3 N–H and O–H groups in total. The Labute approximate surface area is 82.9 Å². The molecule has 0 aromatic rings. The van der Waals surface area contributed by atoms with Crippen molar-refractivity contribution in [2.24, 2.45) is 5.73 Å². The quantitative estimate of drug-likeness (QED) is 0.616. The Morgan fingerprint density at radius 1 is 1.64 bits per heavy atom. The zero-order chi connectivity index (χ0) is 10.6. The predicted molar refractivity (Wildman–Crippen MR) is 52.5 cm³/mol. The normalized spacial score (nSPS) is 20.6. The van der Waals surface area contributed by atoms with E-state index in [1.807, 2.05) is 0 Å². The Balaban J connectivity index is 2.46. The largest absolute Gasteiger partial charge is 0.352 e.